The van der Waals surface area contributed by atoms with Crippen molar-refractivity contribution in [2.24, 2.45) is 0 Å². The Kier molecular flexibility index (Phi) is 9.15. The van der Waals surface area contributed by atoms with E-state index in [1.165, 1.54) is 6.08 Å². The van der Waals surface area contributed by atoms with Crippen LogP contribution in [0.5, 0.6) is 0 Å². The number of amides is 1. The molecule has 0 saturated heterocycles. The van der Waals surface area contributed by atoms with Crippen LogP contribution >= 0.6 is 10.7 Å². The van der Waals surface area contributed by atoms with Crippen LogP contribution in [0.4, 0.5) is 4.79 Å². The molecule has 0 radical (unpaired) electrons. The summed E-state index contributed by atoms with van der Waals surface area (Å²) < 4.78 is 35.3. The number of nitrogens with one attached hydrogen (secondary N) is 1. The van der Waals surface area contributed by atoms with E-state index in [0.29, 0.717) is 0 Å². The molecule has 0 spiro atoms. The molecule has 0 fully saturated rings. The van der Waals surface area contributed by atoms with Gasteiger partial charge in [0.25, 0.3) is 17.4 Å². The van der Waals surface area contributed by atoms with E-state index in [1.807, 2.05) is 36.4 Å². The number of carbonyl (C=O) groups excluding carboxylic acids is 1. The van der Waals surface area contributed by atoms with Crippen molar-refractivity contribution >= 4 is 44.5 Å². The van der Waals surface area contributed by atoms with Gasteiger partial charge in [-0.25, -0.2) is 13.2 Å². The molecule has 1 unspecified atom stereocenters. The summed E-state index contributed by atoms with van der Waals surface area (Å²) in [5.74, 6) is 0. The van der Waals surface area contributed by atoms with Gasteiger partial charge in [-0.1, -0.05) is 81.4 Å². The first-order valence-electron chi connectivity index (χ1n) is 11.0. The molecular weight excluding hydrogens is 490 g/mol. The summed E-state index contributed by atoms with van der Waals surface area (Å²) in [6.07, 6.45) is 0.629. The molecule has 2 aromatic carbocycles. The molecule has 9 heteroatoms. The van der Waals surface area contributed by atoms with Crippen molar-refractivity contribution in [3.63, 3.8) is 0 Å². The van der Waals surface area contributed by atoms with Gasteiger partial charge in [0, 0.05) is 16.1 Å². The van der Waals surface area contributed by atoms with Gasteiger partial charge in [-0.15, -0.1) is 0 Å². The van der Waals surface area contributed by atoms with Gasteiger partial charge in [-0.3, -0.25) is 0 Å². The molecule has 34 heavy (non-hydrogen) atoms. The highest BCUT2D eigenvalue weighted by molar-refractivity contribution is 8.16. The van der Waals surface area contributed by atoms with E-state index in [4.69, 9.17) is 19.8 Å². The van der Waals surface area contributed by atoms with Crippen LogP contribution in [0.15, 0.2) is 72.1 Å². The van der Waals surface area contributed by atoms with Crippen LogP contribution in [0.25, 0.3) is 0 Å². The number of hydrogen-bond donors (Lipinski definition) is 1. The van der Waals surface area contributed by atoms with Crippen molar-refractivity contribution in [1.29, 1.82) is 0 Å². The third kappa shape index (κ3) is 7.97. The summed E-state index contributed by atoms with van der Waals surface area (Å²) in [7, 11) is -1.43. The van der Waals surface area contributed by atoms with Crippen LogP contribution in [0, 0.1) is 0 Å². The summed E-state index contributed by atoms with van der Waals surface area (Å²) in [5.41, 5.74) is -0.713. The second kappa shape index (κ2) is 11.1. The maximum absolute atomic E-state index is 12.5. The van der Waals surface area contributed by atoms with E-state index in [9.17, 15) is 13.2 Å². The average molecular weight is 524 g/mol. The maximum atomic E-state index is 12.5. The molecule has 1 amide bonds. The Hall–Kier alpha value is -2.13. The third-order valence-corrected chi connectivity index (χ3v) is 10.9. The van der Waals surface area contributed by atoms with Crippen LogP contribution in [-0.4, -0.2) is 41.1 Å². The van der Waals surface area contributed by atoms with Crippen molar-refractivity contribution in [1.82, 2.24) is 5.32 Å². The smallest absolute Gasteiger partial charge is 0.408 e. The number of rotatable bonds is 8. The molecule has 2 rings (SSSR count). The zero-order chi connectivity index (χ0) is 25.6. The summed E-state index contributed by atoms with van der Waals surface area (Å²) >= 11 is 0. The Labute approximate surface area is 208 Å². The lowest BCUT2D eigenvalue weighted by molar-refractivity contribution is 0.0500. The van der Waals surface area contributed by atoms with Crippen molar-refractivity contribution in [2.45, 2.75) is 58.2 Å². The minimum absolute atomic E-state index is 0.0232. The molecule has 0 aliphatic carbocycles. The molecule has 0 aliphatic heterocycles. The number of halogens is 1. The summed E-state index contributed by atoms with van der Waals surface area (Å²) in [6, 6.07) is 19.3. The summed E-state index contributed by atoms with van der Waals surface area (Å²) in [6.45, 7) is 11.7. The lowest BCUT2D eigenvalue weighted by Crippen LogP contribution is -2.67. The highest BCUT2D eigenvalue weighted by atomic mass is 35.7. The van der Waals surface area contributed by atoms with Crippen LogP contribution in [-0.2, 0) is 18.2 Å². The molecule has 0 aromatic heterocycles. The Balaban J connectivity index is 2.50. The molecular formula is C25H34ClNO5SSi. The van der Waals surface area contributed by atoms with Crippen LogP contribution in [0.3, 0.4) is 0 Å². The number of alkyl carbamates (subject to hydrolysis) is 1. The van der Waals surface area contributed by atoms with Crippen LogP contribution < -0.4 is 15.7 Å². The van der Waals surface area contributed by atoms with E-state index in [0.717, 1.165) is 15.8 Å². The monoisotopic (exact) mass is 523 g/mol. The van der Waals surface area contributed by atoms with Gasteiger partial charge in [0.1, 0.15) is 5.60 Å². The first-order chi connectivity index (χ1) is 15.6. The number of hydrogen-bond acceptors (Lipinski definition) is 5. The quantitative estimate of drug-likeness (QED) is 0.406. The maximum Gasteiger partial charge on any atom is 0.408 e. The zero-order valence-corrected chi connectivity index (χ0v) is 23.1. The SMILES string of the molecule is CC(C)(C)OC(=O)NC(/C=C/S(=O)(=O)Cl)CO[Si](c1ccccc1)(c1ccccc1)C(C)(C)C. The Morgan fingerprint density at radius 2 is 1.44 bits per heavy atom. The molecule has 0 saturated carbocycles. The van der Waals surface area contributed by atoms with Gasteiger partial charge in [0.15, 0.2) is 0 Å². The van der Waals surface area contributed by atoms with Crippen LogP contribution in [0.1, 0.15) is 41.5 Å². The fourth-order valence-electron chi connectivity index (χ4n) is 3.77. The van der Waals surface area contributed by atoms with Gasteiger partial charge in [-0.2, -0.15) is 0 Å². The number of carbonyl (C=O) groups is 1. The van der Waals surface area contributed by atoms with Crippen molar-refractivity contribution in [3.8, 4) is 0 Å². The fourth-order valence-corrected chi connectivity index (χ4v) is 8.91. The molecule has 0 bridgehead atoms. The lowest BCUT2D eigenvalue weighted by atomic mass is 10.2. The molecule has 1 atom stereocenters. The zero-order valence-electron chi connectivity index (χ0n) is 20.5. The van der Waals surface area contributed by atoms with E-state index in [1.54, 1.807) is 20.8 Å². The van der Waals surface area contributed by atoms with E-state index < -0.39 is 35.1 Å². The summed E-state index contributed by atoms with van der Waals surface area (Å²) in [4.78, 5) is 12.5. The van der Waals surface area contributed by atoms with Crippen molar-refractivity contribution in [2.75, 3.05) is 6.61 Å². The molecule has 186 valence electrons. The Morgan fingerprint density at radius 1 is 0.971 bits per heavy atom. The van der Waals surface area contributed by atoms with Crippen LogP contribution in [0.2, 0.25) is 5.04 Å². The third-order valence-electron chi connectivity index (χ3n) is 5.07. The normalized spacial score (nSPS) is 14.1. The predicted octanol–water partition coefficient (Wildman–Crippen LogP) is 4.54. The second-order valence-electron chi connectivity index (χ2n) is 10.0. The standard InChI is InChI=1S/C25H34ClNO5SSi/c1-24(2,3)32-23(28)27-20(17-18-33(26,29)30)19-31-34(25(4,5)6,21-13-9-7-10-14-21)22-15-11-8-12-16-22/h7-18,20H,19H2,1-6H3,(H,27,28)/b18-17+. The lowest BCUT2D eigenvalue weighted by Gasteiger charge is -2.43. The molecule has 1 N–H and O–H groups in total. The largest absolute Gasteiger partial charge is 0.444 e. The van der Waals surface area contributed by atoms with E-state index in [-0.39, 0.29) is 11.6 Å². The van der Waals surface area contributed by atoms with Gasteiger partial charge in [0.2, 0.25) is 0 Å². The first-order valence-corrected chi connectivity index (χ1v) is 15.3. The van der Waals surface area contributed by atoms with Gasteiger partial charge in [0.05, 0.1) is 12.6 Å². The number of ether oxygens (including phenoxy) is 1. The van der Waals surface area contributed by atoms with Gasteiger partial charge < -0.3 is 14.5 Å². The molecule has 2 aromatic rings. The van der Waals surface area contributed by atoms with E-state index >= 15 is 0 Å². The molecule has 0 heterocycles. The van der Waals surface area contributed by atoms with Gasteiger partial charge in [-0.05, 0) is 42.3 Å². The van der Waals surface area contributed by atoms with Gasteiger partial charge >= 0.3 is 6.09 Å². The predicted molar refractivity (Wildman–Crippen MR) is 141 cm³/mol. The molecule has 6 nitrogen and oxygen atoms in total. The number of benzene rings is 2. The minimum Gasteiger partial charge on any atom is -0.444 e. The first kappa shape index (κ1) is 28.1. The van der Waals surface area contributed by atoms with Crippen molar-refractivity contribution < 1.29 is 22.4 Å². The highest BCUT2D eigenvalue weighted by Gasteiger charge is 2.50. The van der Waals surface area contributed by atoms with E-state index in [2.05, 4.69) is 50.4 Å². The topological polar surface area (TPSA) is 81.7 Å². The Bertz CT molecular complexity index is 1040. The fraction of sp³-hybridized carbons (Fsp3) is 0.400. The highest BCUT2D eigenvalue weighted by Crippen LogP contribution is 2.36. The molecule has 0 aliphatic rings. The second-order valence-corrected chi connectivity index (χ2v) is 16.9. The minimum atomic E-state index is -3.92. The Morgan fingerprint density at radius 3 is 1.82 bits per heavy atom. The average Bonchev–Trinajstić information content (AvgIpc) is 2.71. The summed E-state index contributed by atoms with van der Waals surface area (Å²) in [5, 5.41) is 5.40. The van der Waals surface area contributed by atoms with Crippen molar-refractivity contribution in [3.05, 3.63) is 72.1 Å².